The van der Waals surface area contributed by atoms with Gasteiger partial charge in [-0.3, -0.25) is 4.79 Å². The molecule has 28 heavy (non-hydrogen) atoms. The molecule has 1 amide bonds. The van der Waals surface area contributed by atoms with Crippen LogP contribution in [0, 0.1) is 0 Å². The summed E-state index contributed by atoms with van der Waals surface area (Å²) in [5.41, 5.74) is 4.94. The molecule has 2 heterocycles. The lowest BCUT2D eigenvalue weighted by atomic mass is 9.98. The van der Waals surface area contributed by atoms with Gasteiger partial charge in [-0.25, -0.2) is 9.50 Å². The predicted molar refractivity (Wildman–Crippen MR) is 113 cm³/mol. The summed E-state index contributed by atoms with van der Waals surface area (Å²) in [5.74, 6) is -0.103. The molecular weight excluding hydrogens is 368 g/mol. The Morgan fingerprint density at radius 3 is 2.68 bits per heavy atom. The van der Waals surface area contributed by atoms with Gasteiger partial charge >= 0.3 is 0 Å². The maximum Gasteiger partial charge on any atom is 0.256 e. The Labute approximate surface area is 169 Å². The van der Waals surface area contributed by atoms with Crippen LogP contribution in [0.4, 0.5) is 0 Å². The van der Waals surface area contributed by atoms with Crippen molar-refractivity contribution in [2.75, 3.05) is 12.8 Å². The van der Waals surface area contributed by atoms with Crippen LogP contribution in [0.5, 0.6) is 0 Å². The van der Waals surface area contributed by atoms with E-state index < -0.39 is 0 Å². The first kappa shape index (κ1) is 19.0. The largest absolute Gasteiger partial charge is 0.352 e. The van der Waals surface area contributed by atoms with Crippen molar-refractivity contribution in [1.82, 2.24) is 19.9 Å². The maximum atomic E-state index is 12.7. The number of aromatic nitrogens is 3. The van der Waals surface area contributed by atoms with Crippen molar-refractivity contribution in [3.8, 4) is 0 Å². The maximum absolute atomic E-state index is 12.7. The molecule has 0 fully saturated rings. The van der Waals surface area contributed by atoms with E-state index in [-0.39, 0.29) is 5.91 Å². The van der Waals surface area contributed by atoms with Crippen molar-refractivity contribution in [3.05, 3.63) is 59.0 Å². The van der Waals surface area contributed by atoms with Gasteiger partial charge in [0.05, 0.1) is 6.20 Å². The first-order valence-corrected chi connectivity index (χ1v) is 11.2. The smallest absolute Gasteiger partial charge is 0.256 e. The van der Waals surface area contributed by atoms with Gasteiger partial charge in [0.25, 0.3) is 5.91 Å². The SMILES string of the molecule is CSc1ccc(CCNC(=O)c2cnn3c4c(cnc23)CCCCCC4)cc1. The Morgan fingerprint density at radius 2 is 1.89 bits per heavy atom. The molecule has 0 saturated heterocycles. The highest BCUT2D eigenvalue weighted by molar-refractivity contribution is 7.98. The lowest BCUT2D eigenvalue weighted by Crippen LogP contribution is -2.25. The molecule has 0 radical (unpaired) electrons. The van der Waals surface area contributed by atoms with Crippen molar-refractivity contribution in [3.63, 3.8) is 0 Å². The number of fused-ring (bicyclic) bond motifs is 3. The number of amides is 1. The Bertz CT molecular complexity index is 965. The van der Waals surface area contributed by atoms with Gasteiger partial charge in [-0.1, -0.05) is 25.0 Å². The molecule has 0 spiro atoms. The normalized spacial score (nSPS) is 14.3. The molecule has 4 rings (SSSR count). The van der Waals surface area contributed by atoms with Crippen LogP contribution >= 0.6 is 11.8 Å². The van der Waals surface area contributed by atoms with Crippen LogP contribution in [0.1, 0.15) is 52.9 Å². The molecule has 146 valence electrons. The molecule has 6 heteroatoms. The van der Waals surface area contributed by atoms with E-state index >= 15 is 0 Å². The number of carbonyl (C=O) groups excluding carboxylic acids is 1. The standard InChI is InChI=1S/C22H26N4OS/c1-28-18-10-8-16(9-11-18)12-13-23-22(27)19-15-25-26-20-7-5-3-2-4-6-17(20)14-24-21(19)26/h8-11,14-15H,2-7,12-13H2,1H3,(H,23,27). The Morgan fingerprint density at radius 1 is 1.11 bits per heavy atom. The number of benzene rings is 1. The number of nitrogens with one attached hydrogen (secondary N) is 1. The molecule has 3 aromatic rings. The molecule has 2 aromatic heterocycles. The molecule has 1 N–H and O–H groups in total. The number of hydrogen-bond donors (Lipinski definition) is 1. The third-order valence-electron chi connectivity index (χ3n) is 5.43. The van der Waals surface area contributed by atoms with Crippen molar-refractivity contribution >= 4 is 23.3 Å². The molecule has 0 unspecified atom stereocenters. The summed E-state index contributed by atoms with van der Waals surface area (Å²) in [6.45, 7) is 0.597. The average Bonchev–Trinajstić information content (AvgIpc) is 3.13. The fourth-order valence-electron chi connectivity index (χ4n) is 3.82. The second-order valence-corrected chi connectivity index (χ2v) is 8.17. The number of nitrogens with zero attached hydrogens (tertiary/aromatic N) is 3. The Hall–Kier alpha value is -2.34. The van der Waals surface area contributed by atoms with Gasteiger partial charge in [0.15, 0.2) is 5.65 Å². The molecule has 1 aromatic carbocycles. The highest BCUT2D eigenvalue weighted by Crippen LogP contribution is 2.21. The monoisotopic (exact) mass is 394 g/mol. The Kier molecular flexibility index (Phi) is 5.95. The first-order valence-electron chi connectivity index (χ1n) is 10.0. The van der Waals surface area contributed by atoms with E-state index in [1.807, 2.05) is 10.7 Å². The van der Waals surface area contributed by atoms with E-state index in [1.165, 1.54) is 47.4 Å². The molecule has 1 aliphatic rings. The van der Waals surface area contributed by atoms with Crippen LogP contribution in [0.2, 0.25) is 0 Å². The van der Waals surface area contributed by atoms with Crippen molar-refractivity contribution in [2.24, 2.45) is 0 Å². The summed E-state index contributed by atoms with van der Waals surface area (Å²) in [4.78, 5) is 18.5. The zero-order valence-corrected chi connectivity index (χ0v) is 17.1. The third kappa shape index (κ3) is 4.07. The summed E-state index contributed by atoms with van der Waals surface area (Å²) >= 11 is 1.73. The molecule has 5 nitrogen and oxygen atoms in total. The number of carbonyl (C=O) groups is 1. The van der Waals surface area contributed by atoms with Crippen molar-refractivity contribution in [1.29, 1.82) is 0 Å². The van der Waals surface area contributed by atoms with E-state index in [1.54, 1.807) is 18.0 Å². The summed E-state index contributed by atoms with van der Waals surface area (Å²) in [5, 5.41) is 7.52. The molecule has 0 saturated carbocycles. The molecule has 0 atom stereocenters. The number of hydrogen-bond acceptors (Lipinski definition) is 4. The summed E-state index contributed by atoms with van der Waals surface area (Å²) in [7, 11) is 0. The second-order valence-electron chi connectivity index (χ2n) is 7.29. The number of rotatable bonds is 5. The van der Waals surface area contributed by atoms with Gasteiger partial charge in [-0.2, -0.15) is 5.10 Å². The minimum Gasteiger partial charge on any atom is -0.352 e. The van der Waals surface area contributed by atoms with Gasteiger partial charge in [0.2, 0.25) is 0 Å². The minimum atomic E-state index is -0.103. The zero-order valence-electron chi connectivity index (χ0n) is 16.3. The van der Waals surface area contributed by atoms with Crippen molar-refractivity contribution in [2.45, 2.75) is 49.8 Å². The highest BCUT2D eigenvalue weighted by atomic mass is 32.2. The van der Waals surface area contributed by atoms with Gasteiger partial charge in [-0.05, 0) is 61.6 Å². The number of thioether (sulfide) groups is 1. The summed E-state index contributed by atoms with van der Waals surface area (Å²) < 4.78 is 1.89. The molecule has 1 aliphatic carbocycles. The minimum absolute atomic E-state index is 0.103. The topological polar surface area (TPSA) is 59.3 Å². The second kappa shape index (κ2) is 8.78. The molecule has 0 aliphatic heterocycles. The van der Waals surface area contributed by atoms with E-state index in [9.17, 15) is 4.79 Å². The lowest BCUT2D eigenvalue weighted by molar-refractivity contribution is 0.0955. The predicted octanol–water partition coefficient (Wildman–Crippen LogP) is 4.08. The first-order chi connectivity index (χ1) is 13.8. The van der Waals surface area contributed by atoms with Crippen LogP contribution in [0.15, 0.2) is 41.6 Å². The van der Waals surface area contributed by atoms with Crippen LogP contribution in [-0.2, 0) is 19.3 Å². The molecule has 0 bridgehead atoms. The van der Waals surface area contributed by atoms with Crippen LogP contribution in [-0.4, -0.2) is 33.3 Å². The van der Waals surface area contributed by atoms with E-state index in [4.69, 9.17) is 0 Å². The van der Waals surface area contributed by atoms with Crippen LogP contribution in [0.3, 0.4) is 0 Å². The quantitative estimate of drug-likeness (QED) is 0.663. The fourth-order valence-corrected chi connectivity index (χ4v) is 4.23. The van der Waals surface area contributed by atoms with Gasteiger partial charge < -0.3 is 5.32 Å². The summed E-state index contributed by atoms with van der Waals surface area (Å²) in [6.07, 6.45) is 13.4. The lowest BCUT2D eigenvalue weighted by Gasteiger charge is -2.14. The third-order valence-corrected chi connectivity index (χ3v) is 6.17. The van der Waals surface area contributed by atoms with Crippen LogP contribution < -0.4 is 5.32 Å². The Balaban J connectivity index is 1.46. The van der Waals surface area contributed by atoms with Crippen LogP contribution in [0.25, 0.3) is 5.65 Å². The zero-order chi connectivity index (χ0) is 19.3. The van der Waals surface area contributed by atoms with Gasteiger partial charge in [-0.15, -0.1) is 11.8 Å². The summed E-state index contributed by atoms with van der Waals surface area (Å²) in [6, 6.07) is 8.47. The average molecular weight is 395 g/mol. The number of aryl methyl sites for hydroxylation is 2. The fraction of sp³-hybridized carbons (Fsp3) is 0.409. The highest BCUT2D eigenvalue weighted by Gasteiger charge is 2.18. The van der Waals surface area contributed by atoms with Gasteiger partial charge in [0, 0.05) is 23.3 Å². The van der Waals surface area contributed by atoms with E-state index in [0.29, 0.717) is 17.8 Å². The van der Waals surface area contributed by atoms with Crippen molar-refractivity contribution < 1.29 is 4.79 Å². The molecular formula is C22H26N4OS. The van der Waals surface area contributed by atoms with E-state index in [0.717, 1.165) is 19.3 Å². The van der Waals surface area contributed by atoms with Gasteiger partial charge in [0.1, 0.15) is 5.56 Å². The van der Waals surface area contributed by atoms with E-state index in [2.05, 4.69) is 45.9 Å².